The molecular weight excluding hydrogens is 554 g/mol. The Morgan fingerprint density at radius 1 is 0.956 bits per heavy atom. The zero-order valence-corrected chi connectivity index (χ0v) is 29.0. The van der Waals surface area contributed by atoms with Crippen molar-refractivity contribution in [3.63, 3.8) is 0 Å². The van der Waals surface area contributed by atoms with Crippen LogP contribution in [0.25, 0.3) is 10.8 Å². The Hall–Kier alpha value is -2.77. The van der Waals surface area contributed by atoms with E-state index in [4.69, 9.17) is 0 Å². The van der Waals surface area contributed by atoms with Gasteiger partial charge in [0, 0.05) is 50.3 Å². The minimum absolute atomic E-state index is 0.190. The molecule has 2 aliphatic heterocycles. The van der Waals surface area contributed by atoms with Gasteiger partial charge in [-0.1, -0.05) is 66.2 Å². The Morgan fingerprint density at radius 3 is 2.44 bits per heavy atom. The van der Waals surface area contributed by atoms with Crippen LogP contribution in [0.15, 0.2) is 60.7 Å². The van der Waals surface area contributed by atoms with Crippen molar-refractivity contribution in [2.75, 3.05) is 67.5 Å². The number of aryl methyl sites for hydroxylation is 2. The van der Waals surface area contributed by atoms with Crippen molar-refractivity contribution in [3.05, 3.63) is 82.9 Å². The van der Waals surface area contributed by atoms with Crippen LogP contribution in [0.3, 0.4) is 0 Å². The average Bonchev–Trinajstić information content (AvgIpc) is 3.45. The molecule has 45 heavy (non-hydrogen) atoms. The standard InChI is InChI=1S/C39H57N5O/c1-29-14-16-34(30(2)21-29)24-38(40(4)5)27-43-25-31(3)44(28-37(43)13-10-19-42(7)36-18-20-41(6)26-36)39(45)23-32-15-17-33-11-8-9-12-35(33)22-32/h8-9,11-12,14-17,21-22,31,36-38H,10,13,18-20,23-28H2,1-7H3/t31-,36?,37+,38-/m1/s1. The summed E-state index contributed by atoms with van der Waals surface area (Å²) < 4.78 is 0. The molecule has 2 saturated heterocycles. The quantitative estimate of drug-likeness (QED) is 0.271. The summed E-state index contributed by atoms with van der Waals surface area (Å²) in [6, 6.07) is 23.4. The molecule has 6 nitrogen and oxygen atoms in total. The second kappa shape index (κ2) is 15.2. The number of benzene rings is 3. The molecule has 0 saturated carbocycles. The fraction of sp³-hybridized carbons (Fsp3) is 0.564. The largest absolute Gasteiger partial charge is 0.337 e. The molecule has 0 N–H and O–H groups in total. The molecule has 0 radical (unpaired) electrons. The minimum atomic E-state index is 0.190. The molecule has 3 aromatic carbocycles. The highest BCUT2D eigenvalue weighted by molar-refractivity contribution is 5.85. The van der Waals surface area contributed by atoms with Gasteiger partial charge >= 0.3 is 0 Å². The topological polar surface area (TPSA) is 33.3 Å². The summed E-state index contributed by atoms with van der Waals surface area (Å²) in [7, 11) is 8.99. The van der Waals surface area contributed by atoms with E-state index in [2.05, 4.69) is 134 Å². The molecule has 0 bridgehead atoms. The van der Waals surface area contributed by atoms with Gasteiger partial charge in [0.1, 0.15) is 0 Å². The Bertz CT molecular complexity index is 1420. The minimum Gasteiger partial charge on any atom is -0.337 e. The summed E-state index contributed by atoms with van der Waals surface area (Å²) in [5.41, 5.74) is 5.26. The van der Waals surface area contributed by atoms with Crippen LogP contribution in [0.2, 0.25) is 0 Å². The molecule has 2 aliphatic rings. The monoisotopic (exact) mass is 611 g/mol. The molecule has 2 fully saturated rings. The molecule has 5 rings (SSSR count). The Balaban J connectivity index is 1.29. The lowest BCUT2D eigenvalue weighted by molar-refractivity contribution is -0.137. The second-order valence-corrected chi connectivity index (χ2v) is 14.4. The Labute approximate surface area is 273 Å². The first-order valence-corrected chi connectivity index (χ1v) is 17.2. The molecular formula is C39H57N5O. The average molecular weight is 612 g/mol. The summed E-state index contributed by atoms with van der Waals surface area (Å²) in [6.07, 6.45) is 5.04. The molecule has 4 atom stereocenters. The Morgan fingerprint density at radius 2 is 1.73 bits per heavy atom. The van der Waals surface area contributed by atoms with Crippen molar-refractivity contribution in [2.45, 2.75) is 77.0 Å². The van der Waals surface area contributed by atoms with Gasteiger partial charge in [-0.25, -0.2) is 0 Å². The van der Waals surface area contributed by atoms with E-state index in [-0.39, 0.29) is 11.9 Å². The van der Waals surface area contributed by atoms with Crippen LogP contribution in [-0.2, 0) is 17.6 Å². The maximum atomic E-state index is 13.9. The van der Waals surface area contributed by atoms with Crippen molar-refractivity contribution in [1.82, 2.24) is 24.5 Å². The molecule has 2 heterocycles. The number of carbonyl (C=O) groups is 1. The van der Waals surface area contributed by atoms with Crippen molar-refractivity contribution >= 4 is 16.7 Å². The number of piperazine rings is 1. The fourth-order valence-corrected chi connectivity index (χ4v) is 7.62. The summed E-state index contributed by atoms with van der Waals surface area (Å²) in [5, 5.41) is 2.43. The van der Waals surface area contributed by atoms with Gasteiger partial charge in [-0.05, 0) is 115 Å². The van der Waals surface area contributed by atoms with Crippen LogP contribution in [0.4, 0.5) is 0 Å². The van der Waals surface area contributed by atoms with Crippen LogP contribution >= 0.6 is 0 Å². The number of carbonyl (C=O) groups excluding carboxylic acids is 1. The Kier molecular flexibility index (Phi) is 11.4. The van der Waals surface area contributed by atoms with Crippen LogP contribution in [0.5, 0.6) is 0 Å². The van der Waals surface area contributed by atoms with Crippen LogP contribution in [0, 0.1) is 13.8 Å². The molecule has 0 aromatic heterocycles. The van der Waals surface area contributed by atoms with Crippen LogP contribution in [0.1, 0.15) is 48.4 Å². The lowest BCUT2D eigenvalue weighted by atomic mass is 9.96. The number of hydrogen-bond acceptors (Lipinski definition) is 5. The first-order chi connectivity index (χ1) is 21.6. The molecule has 0 spiro atoms. The first-order valence-electron chi connectivity index (χ1n) is 17.2. The van der Waals surface area contributed by atoms with E-state index in [9.17, 15) is 4.79 Å². The lowest BCUT2D eigenvalue weighted by Crippen LogP contribution is -2.61. The zero-order valence-electron chi connectivity index (χ0n) is 29.0. The number of hydrogen-bond donors (Lipinski definition) is 0. The van der Waals surface area contributed by atoms with Gasteiger partial charge in [0.25, 0.3) is 0 Å². The van der Waals surface area contributed by atoms with Gasteiger partial charge < -0.3 is 19.6 Å². The highest BCUT2D eigenvalue weighted by Gasteiger charge is 2.35. The smallest absolute Gasteiger partial charge is 0.227 e. The number of rotatable bonds is 12. The molecule has 244 valence electrons. The maximum Gasteiger partial charge on any atom is 0.227 e. The van der Waals surface area contributed by atoms with Gasteiger partial charge in [0.2, 0.25) is 5.91 Å². The predicted molar refractivity (Wildman–Crippen MR) is 189 cm³/mol. The van der Waals surface area contributed by atoms with Crippen molar-refractivity contribution in [2.24, 2.45) is 0 Å². The van der Waals surface area contributed by atoms with Crippen molar-refractivity contribution < 1.29 is 4.79 Å². The van der Waals surface area contributed by atoms with E-state index < -0.39 is 0 Å². The van der Waals surface area contributed by atoms with E-state index in [1.165, 1.54) is 47.0 Å². The molecule has 3 aromatic rings. The highest BCUT2D eigenvalue weighted by Crippen LogP contribution is 2.24. The summed E-state index contributed by atoms with van der Waals surface area (Å²) >= 11 is 0. The van der Waals surface area contributed by atoms with Crippen molar-refractivity contribution in [3.8, 4) is 0 Å². The SMILES string of the molecule is Cc1ccc(C[C@H](CN2C[C@@H](C)N(C(=O)Cc3ccc4ccccc4c3)C[C@@H]2CCCN(C)C2CCN(C)C2)N(C)C)c(C)c1. The van der Waals surface area contributed by atoms with Crippen molar-refractivity contribution in [1.29, 1.82) is 0 Å². The van der Waals surface area contributed by atoms with Crippen LogP contribution < -0.4 is 0 Å². The van der Waals surface area contributed by atoms with E-state index in [0.717, 1.165) is 51.0 Å². The zero-order chi connectivity index (χ0) is 32.1. The van der Waals surface area contributed by atoms with Gasteiger partial charge in [0.05, 0.1) is 6.42 Å². The normalized spacial score (nSPS) is 22.2. The number of nitrogens with zero attached hydrogens (tertiary/aromatic N) is 5. The predicted octanol–water partition coefficient (Wildman–Crippen LogP) is 5.49. The third-order valence-corrected chi connectivity index (χ3v) is 10.6. The van der Waals surface area contributed by atoms with Gasteiger partial charge in [0.15, 0.2) is 0 Å². The van der Waals surface area contributed by atoms with E-state index in [0.29, 0.717) is 24.5 Å². The van der Waals surface area contributed by atoms with E-state index in [1.807, 2.05) is 0 Å². The number of likely N-dealkylation sites (N-methyl/N-ethyl adjacent to an activating group) is 3. The van der Waals surface area contributed by atoms with Gasteiger partial charge in [-0.3, -0.25) is 9.69 Å². The summed E-state index contributed by atoms with van der Waals surface area (Å²) in [5.74, 6) is 0.257. The molecule has 1 amide bonds. The van der Waals surface area contributed by atoms with Gasteiger partial charge in [-0.15, -0.1) is 0 Å². The molecule has 6 heteroatoms. The highest BCUT2D eigenvalue weighted by atomic mass is 16.2. The maximum absolute atomic E-state index is 13.9. The fourth-order valence-electron chi connectivity index (χ4n) is 7.62. The second-order valence-electron chi connectivity index (χ2n) is 14.4. The van der Waals surface area contributed by atoms with E-state index in [1.54, 1.807) is 0 Å². The van der Waals surface area contributed by atoms with Crippen LogP contribution in [-0.4, -0.2) is 122 Å². The molecule has 1 unspecified atom stereocenters. The summed E-state index contributed by atoms with van der Waals surface area (Å²) in [6.45, 7) is 12.9. The number of fused-ring (bicyclic) bond motifs is 1. The third kappa shape index (κ3) is 8.74. The van der Waals surface area contributed by atoms with E-state index >= 15 is 0 Å². The number of likely N-dealkylation sites (tertiary alicyclic amines) is 1. The first kappa shape index (κ1) is 33.6. The summed E-state index contributed by atoms with van der Waals surface area (Å²) in [4.78, 5) is 26.2. The third-order valence-electron chi connectivity index (χ3n) is 10.6. The number of amides is 1. The lowest BCUT2D eigenvalue weighted by Gasteiger charge is -2.47. The van der Waals surface area contributed by atoms with Gasteiger partial charge in [-0.2, -0.15) is 0 Å². The molecule has 0 aliphatic carbocycles.